The van der Waals surface area contributed by atoms with Crippen molar-refractivity contribution in [2.45, 2.75) is 50.7 Å². The number of rotatable bonds is 3. The average Bonchev–Trinajstić information content (AvgIpc) is 2.87. The standard InChI is InChI=1S/C10H17NO3/c12-10(9-6-3-7-13-9)11-14-8-4-1-2-5-8/h8-9H,1-7H2,(H,11,12)/t9-/m1/s1. The van der Waals surface area contributed by atoms with Crippen LogP contribution in [0.2, 0.25) is 0 Å². The maximum atomic E-state index is 11.4. The van der Waals surface area contributed by atoms with Crippen molar-refractivity contribution in [1.82, 2.24) is 5.48 Å². The third kappa shape index (κ3) is 2.45. The molecule has 1 atom stereocenters. The van der Waals surface area contributed by atoms with E-state index in [1.807, 2.05) is 0 Å². The molecule has 1 amide bonds. The topological polar surface area (TPSA) is 47.6 Å². The van der Waals surface area contributed by atoms with Crippen molar-refractivity contribution in [3.63, 3.8) is 0 Å². The van der Waals surface area contributed by atoms with Gasteiger partial charge in [-0.15, -0.1) is 0 Å². The Morgan fingerprint density at radius 1 is 1.21 bits per heavy atom. The zero-order chi connectivity index (χ0) is 9.80. The summed E-state index contributed by atoms with van der Waals surface area (Å²) in [5.74, 6) is -0.116. The highest BCUT2D eigenvalue weighted by Crippen LogP contribution is 2.20. The summed E-state index contributed by atoms with van der Waals surface area (Å²) in [6.07, 6.45) is 6.27. The van der Waals surface area contributed by atoms with E-state index in [0.717, 1.165) is 25.7 Å². The third-order valence-corrected chi connectivity index (χ3v) is 2.85. The molecule has 4 heteroatoms. The van der Waals surface area contributed by atoms with Gasteiger partial charge in [0, 0.05) is 6.61 Å². The minimum atomic E-state index is -0.281. The summed E-state index contributed by atoms with van der Waals surface area (Å²) >= 11 is 0. The highest BCUT2D eigenvalue weighted by atomic mass is 16.7. The lowest BCUT2D eigenvalue weighted by Gasteiger charge is -2.13. The largest absolute Gasteiger partial charge is 0.368 e. The number of amides is 1. The zero-order valence-electron chi connectivity index (χ0n) is 8.33. The maximum Gasteiger partial charge on any atom is 0.272 e. The molecule has 2 aliphatic rings. The first-order valence-corrected chi connectivity index (χ1v) is 5.43. The van der Waals surface area contributed by atoms with E-state index in [4.69, 9.17) is 9.57 Å². The first-order chi connectivity index (χ1) is 6.86. The molecule has 0 spiro atoms. The van der Waals surface area contributed by atoms with Gasteiger partial charge in [0.25, 0.3) is 5.91 Å². The van der Waals surface area contributed by atoms with E-state index >= 15 is 0 Å². The van der Waals surface area contributed by atoms with E-state index in [2.05, 4.69) is 5.48 Å². The van der Waals surface area contributed by atoms with Gasteiger partial charge in [-0.25, -0.2) is 5.48 Å². The second kappa shape index (κ2) is 4.75. The summed E-state index contributed by atoms with van der Waals surface area (Å²) in [5.41, 5.74) is 2.50. The predicted molar refractivity (Wildman–Crippen MR) is 50.5 cm³/mol. The van der Waals surface area contributed by atoms with E-state index in [1.54, 1.807) is 0 Å². The summed E-state index contributed by atoms with van der Waals surface area (Å²) in [6, 6.07) is 0. The van der Waals surface area contributed by atoms with Crippen LogP contribution in [0.25, 0.3) is 0 Å². The normalized spacial score (nSPS) is 28.1. The van der Waals surface area contributed by atoms with Crippen molar-refractivity contribution in [3.05, 3.63) is 0 Å². The quantitative estimate of drug-likeness (QED) is 0.694. The van der Waals surface area contributed by atoms with Gasteiger partial charge in [-0.05, 0) is 25.7 Å². The number of hydroxylamine groups is 1. The Labute approximate surface area is 83.9 Å². The Hall–Kier alpha value is -0.610. The van der Waals surface area contributed by atoms with Crippen molar-refractivity contribution >= 4 is 5.91 Å². The van der Waals surface area contributed by atoms with E-state index in [0.29, 0.717) is 6.61 Å². The number of ether oxygens (including phenoxy) is 1. The average molecular weight is 199 g/mol. The van der Waals surface area contributed by atoms with Crippen LogP contribution in [0.3, 0.4) is 0 Å². The van der Waals surface area contributed by atoms with Crippen molar-refractivity contribution < 1.29 is 14.4 Å². The fourth-order valence-corrected chi connectivity index (χ4v) is 2.00. The van der Waals surface area contributed by atoms with E-state index in [-0.39, 0.29) is 18.1 Å². The summed E-state index contributed by atoms with van der Waals surface area (Å²) in [4.78, 5) is 16.7. The number of hydrogen-bond donors (Lipinski definition) is 1. The van der Waals surface area contributed by atoms with Crippen LogP contribution in [-0.4, -0.2) is 24.7 Å². The fraction of sp³-hybridized carbons (Fsp3) is 0.900. The lowest BCUT2D eigenvalue weighted by molar-refractivity contribution is -0.147. The zero-order valence-corrected chi connectivity index (χ0v) is 8.33. The Bertz CT molecular complexity index is 196. The molecular weight excluding hydrogens is 182 g/mol. The van der Waals surface area contributed by atoms with E-state index in [9.17, 15) is 4.79 Å². The van der Waals surface area contributed by atoms with Crippen LogP contribution in [0.15, 0.2) is 0 Å². The number of carbonyl (C=O) groups is 1. The first-order valence-electron chi connectivity index (χ1n) is 5.43. The lowest BCUT2D eigenvalue weighted by atomic mass is 10.2. The molecule has 1 saturated carbocycles. The van der Waals surface area contributed by atoms with Gasteiger partial charge in [-0.3, -0.25) is 9.63 Å². The second-order valence-corrected chi connectivity index (χ2v) is 3.99. The number of hydrogen-bond acceptors (Lipinski definition) is 3. The minimum absolute atomic E-state index is 0.116. The molecule has 0 aromatic carbocycles. The Balaban J connectivity index is 1.66. The highest BCUT2D eigenvalue weighted by molar-refractivity contribution is 5.79. The molecule has 2 fully saturated rings. The SMILES string of the molecule is O=C(NOC1CCCC1)[C@H]1CCCO1. The maximum absolute atomic E-state index is 11.4. The van der Waals surface area contributed by atoms with Gasteiger partial charge in [0.15, 0.2) is 0 Å². The molecule has 14 heavy (non-hydrogen) atoms. The van der Waals surface area contributed by atoms with Gasteiger partial charge in [0.1, 0.15) is 6.10 Å². The molecule has 4 nitrogen and oxygen atoms in total. The van der Waals surface area contributed by atoms with Crippen LogP contribution < -0.4 is 5.48 Å². The van der Waals surface area contributed by atoms with Gasteiger partial charge in [-0.2, -0.15) is 0 Å². The summed E-state index contributed by atoms with van der Waals surface area (Å²) in [7, 11) is 0. The summed E-state index contributed by atoms with van der Waals surface area (Å²) in [6.45, 7) is 0.696. The van der Waals surface area contributed by atoms with E-state index < -0.39 is 0 Å². The van der Waals surface area contributed by atoms with Crippen molar-refractivity contribution in [1.29, 1.82) is 0 Å². The Morgan fingerprint density at radius 3 is 2.64 bits per heavy atom. The van der Waals surface area contributed by atoms with Crippen LogP contribution in [0, 0.1) is 0 Å². The molecule has 80 valence electrons. The molecule has 1 heterocycles. The first kappa shape index (κ1) is 9.93. The molecule has 1 saturated heterocycles. The van der Waals surface area contributed by atoms with Gasteiger partial charge in [0.05, 0.1) is 6.10 Å². The van der Waals surface area contributed by atoms with Gasteiger partial charge >= 0.3 is 0 Å². The van der Waals surface area contributed by atoms with Crippen LogP contribution in [-0.2, 0) is 14.4 Å². The van der Waals surface area contributed by atoms with Crippen molar-refractivity contribution in [2.75, 3.05) is 6.61 Å². The monoisotopic (exact) mass is 199 g/mol. The molecule has 0 unspecified atom stereocenters. The number of nitrogens with one attached hydrogen (secondary N) is 1. The Morgan fingerprint density at radius 2 is 2.00 bits per heavy atom. The summed E-state index contributed by atoms with van der Waals surface area (Å²) in [5, 5.41) is 0. The van der Waals surface area contributed by atoms with Crippen LogP contribution in [0.5, 0.6) is 0 Å². The smallest absolute Gasteiger partial charge is 0.272 e. The highest BCUT2D eigenvalue weighted by Gasteiger charge is 2.25. The molecule has 1 aliphatic carbocycles. The lowest BCUT2D eigenvalue weighted by Crippen LogP contribution is -2.36. The summed E-state index contributed by atoms with van der Waals surface area (Å²) < 4.78 is 5.24. The second-order valence-electron chi connectivity index (χ2n) is 3.99. The molecule has 1 N–H and O–H groups in total. The third-order valence-electron chi connectivity index (χ3n) is 2.85. The minimum Gasteiger partial charge on any atom is -0.368 e. The number of carbonyl (C=O) groups excluding carboxylic acids is 1. The van der Waals surface area contributed by atoms with Crippen LogP contribution in [0.4, 0.5) is 0 Å². The molecule has 0 bridgehead atoms. The van der Waals surface area contributed by atoms with Crippen molar-refractivity contribution in [3.8, 4) is 0 Å². The molecule has 0 aromatic rings. The molecular formula is C10H17NO3. The van der Waals surface area contributed by atoms with Crippen LogP contribution >= 0.6 is 0 Å². The van der Waals surface area contributed by atoms with Crippen LogP contribution in [0.1, 0.15) is 38.5 Å². The van der Waals surface area contributed by atoms with E-state index in [1.165, 1.54) is 12.8 Å². The molecule has 2 rings (SSSR count). The van der Waals surface area contributed by atoms with Gasteiger partial charge in [-0.1, -0.05) is 12.8 Å². The molecule has 0 aromatic heterocycles. The van der Waals surface area contributed by atoms with Gasteiger partial charge < -0.3 is 4.74 Å². The Kier molecular flexibility index (Phi) is 3.37. The predicted octanol–water partition coefficient (Wildman–Crippen LogP) is 1.16. The fourth-order valence-electron chi connectivity index (χ4n) is 2.00. The van der Waals surface area contributed by atoms with Gasteiger partial charge in [0.2, 0.25) is 0 Å². The molecule has 0 radical (unpaired) electrons. The van der Waals surface area contributed by atoms with Crippen molar-refractivity contribution in [2.24, 2.45) is 0 Å². The molecule has 1 aliphatic heterocycles.